The van der Waals surface area contributed by atoms with Crippen LogP contribution in [0.25, 0.3) is 10.8 Å². The molecule has 1 aromatic heterocycles. The van der Waals surface area contributed by atoms with Crippen molar-refractivity contribution in [1.82, 2.24) is 14.5 Å². The van der Waals surface area contributed by atoms with E-state index in [0.29, 0.717) is 6.04 Å². The molecule has 0 fully saturated rings. The third-order valence-corrected chi connectivity index (χ3v) is 5.27. The van der Waals surface area contributed by atoms with Crippen LogP contribution in [0.2, 0.25) is 0 Å². The predicted octanol–water partition coefficient (Wildman–Crippen LogP) is 3.94. The van der Waals surface area contributed by atoms with Crippen molar-refractivity contribution in [3.63, 3.8) is 0 Å². The van der Waals surface area contributed by atoms with Crippen molar-refractivity contribution in [1.29, 1.82) is 0 Å². The normalized spacial score (nSPS) is 17.3. The lowest BCUT2D eigenvalue weighted by molar-refractivity contribution is 0.156. The standard InChI is InChI=1S/C21H25N3O2/c1-14-12-24-8-7-23(15(2)21(24)22-14)13-16-5-6-17-10-19(25-3)20(26-4)11-18(17)9-16/h5-6,9-12,15H,7-8,13H2,1-4H3. The second-order valence-corrected chi connectivity index (χ2v) is 6.97. The van der Waals surface area contributed by atoms with Crippen molar-refractivity contribution in [2.24, 2.45) is 0 Å². The van der Waals surface area contributed by atoms with Crippen molar-refractivity contribution in [3.8, 4) is 11.5 Å². The van der Waals surface area contributed by atoms with Gasteiger partial charge in [0.05, 0.1) is 26.0 Å². The molecule has 0 radical (unpaired) electrons. The molecule has 2 heterocycles. The minimum atomic E-state index is 0.318. The highest BCUT2D eigenvalue weighted by Crippen LogP contribution is 2.33. The highest BCUT2D eigenvalue weighted by molar-refractivity contribution is 5.86. The summed E-state index contributed by atoms with van der Waals surface area (Å²) in [6.45, 7) is 7.25. The van der Waals surface area contributed by atoms with Crippen LogP contribution in [0.5, 0.6) is 11.5 Å². The molecular weight excluding hydrogens is 326 g/mol. The van der Waals surface area contributed by atoms with E-state index in [2.05, 4.69) is 47.7 Å². The first-order valence-corrected chi connectivity index (χ1v) is 9.01. The lowest BCUT2D eigenvalue weighted by Crippen LogP contribution is -2.36. The first kappa shape index (κ1) is 16.9. The third kappa shape index (κ3) is 2.92. The fourth-order valence-electron chi connectivity index (χ4n) is 3.84. The van der Waals surface area contributed by atoms with Crippen molar-refractivity contribution in [2.45, 2.75) is 33.0 Å². The number of fused-ring (bicyclic) bond motifs is 2. The number of hydrogen-bond donors (Lipinski definition) is 0. The van der Waals surface area contributed by atoms with E-state index in [1.165, 1.54) is 16.8 Å². The Bertz CT molecular complexity index is 948. The van der Waals surface area contributed by atoms with Crippen LogP contribution in [-0.2, 0) is 13.1 Å². The van der Waals surface area contributed by atoms with E-state index in [1.807, 2.05) is 12.1 Å². The molecule has 1 atom stereocenters. The molecule has 1 aliphatic heterocycles. The van der Waals surface area contributed by atoms with Crippen LogP contribution in [0, 0.1) is 6.92 Å². The lowest BCUT2D eigenvalue weighted by Gasteiger charge is -2.33. The number of imidazole rings is 1. The molecule has 0 aliphatic carbocycles. The number of ether oxygens (including phenoxy) is 2. The summed E-state index contributed by atoms with van der Waals surface area (Å²) in [5, 5.41) is 2.33. The topological polar surface area (TPSA) is 39.5 Å². The summed E-state index contributed by atoms with van der Waals surface area (Å²) in [6.07, 6.45) is 2.15. The van der Waals surface area contributed by atoms with Gasteiger partial charge < -0.3 is 14.0 Å². The van der Waals surface area contributed by atoms with Crippen molar-refractivity contribution < 1.29 is 9.47 Å². The van der Waals surface area contributed by atoms with Crippen LogP contribution < -0.4 is 9.47 Å². The monoisotopic (exact) mass is 351 g/mol. The second-order valence-electron chi connectivity index (χ2n) is 6.97. The van der Waals surface area contributed by atoms with Gasteiger partial charge in [0.25, 0.3) is 0 Å². The summed E-state index contributed by atoms with van der Waals surface area (Å²) in [6, 6.07) is 11.0. The Morgan fingerprint density at radius 2 is 1.77 bits per heavy atom. The molecule has 136 valence electrons. The zero-order valence-corrected chi connectivity index (χ0v) is 15.8. The zero-order valence-electron chi connectivity index (χ0n) is 15.8. The Morgan fingerprint density at radius 1 is 1.04 bits per heavy atom. The van der Waals surface area contributed by atoms with E-state index >= 15 is 0 Å². The number of methoxy groups -OCH3 is 2. The Morgan fingerprint density at radius 3 is 2.50 bits per heavy atom. The SMILES string of the molecule is COc1cc2ccc(CN3CCn4cc(C)nc4C3C)cc2cc1OC. The number of hydrogen-bond acceptors (Lipinski definition) is 4. The Kier molecular flexibility index (Phi) is 4.32. The van der Waals surface area contributed by atoms with Crippen molar-refractivity contribution in [3.05, 3.63) is 53.6 Å². The maximum Gasteiger partial charge on any atom is 0.161 e. The molecule has 0 amide bonds. The number of aryl methyl sites for hydroxylation is 1. The highest BCUT2D eigenvalue weighted by atomic mass is 16.5. The minimum Gasteiger partial charge on any atom is -0.493 e. The molecule has 1 aliphatic rings. The number of aromatic nitrogens is 2. The largest absolute Gasteiger partial charge is 0.493 e. The van der Waals surface area contributed by atoms with Gasteiger partial charge in [0.1, 0.15) is 5.82 Å². The van der Waals surface area contributed by atoms with Crippen molar-refractivity contribution >= 4 is 10.8 Å². The summed E-state index contributed by atoms with van der Waals surface area (Å²) in [4.78, 5) is 7.20. The fourth-order valence-corrected chi connectivity index (χ4v) is 3.84. The van der Waals surface area contributed by atoms with Gasteiger partial charge in [0, 0.05) is 25.8 Å². The smallest absolute Gasteiger partial charge is 0.161 e. The molecule has 26 heavy (non-hydrogen) atoms. The van der Waals surface area contributed by atoms with Crippen LogP contribution >= 0.6 is 0 Å². The van der Waals surface area contributed by atoms with Gasteiger partial charge in [-0.25, -0.2) is 4.98 Å². The van der Waals surface area contributed by atoms with Gasteiger partial charge in [0.2, 0.25) is 0 Å². The number of benzene rings is 2. The minimum absolute atomic E-state index is 0.318. The molecule has 5 nitrogen and oxygen atoms in total. The molecule has 2 aromatic carbocycles. The second kappa shape index (κ2) is 6.65. The van der Waals surface area contributed by atoms with Crippen molar-refractivity contribution in [2.75, 3.05) is 20.8 Å². The van der Waals surface area contributed by atoms with Gasteiger partial charge in [-0.1, -0.05) is 12.1 Å². The van der Waals surface area contributed by atoms with Crippen LogP contribution in [-0.4, -0.2) is 35.2 Å². The molecule has 4 rings (SSSR count). The van der Waals surface area contributed by atoms with Crippen LogP contribution in [0.15, 0.2) is 36.5 Å². The summed E-state index contributed by atoms with van der Waals surface area (Å²) >= 11 is 0. The first-order chi connectivity index (χ1) is 12.6. The number of nitrogens with zero attached hydrogens (tertiary/aromatic N) is 3. The lowest BCUT2D eigenvalue weighted by atomic mass is 10.0. The third-order valence-electron chi connectivity index (χ3n) is 5.27. The predicted molar refractivity (Wildman–Crippen MR) is 103 cm³/mol. The molecule has 5 heteroatoms. The van der Waals surface area contributed by atoms with Gasteiger partial charge in [-0.05, 0) is 48.4 Å². The molecule has 3 aromatic rings. The number of rotatable bonds is 4. The maximum absolute atomic E-state index is 5.45. The fraction of sp³-hybridized carbons (Fsp3) is 0.381. The molecule has 0 bridgehead atoms. The van der Waals surface area contributed by atoms with E-state index in [4.69, 9.17) is 14.5 Å². The molecule has 1 unspecified atom stereocenters. The maximum atomic E-state index is 5.45. The van der Waals surface area contributed by atoms with E-state index in [-0.39, 0.29) is 0 Å². The molecule has 0 saturated carbocycles. The highest BCUT2D eigenvalue weighted by Gasteiger charge is 2.25. The van der Waals surface area contributed by atoms with Gasteiger partial charge in [-0.15, -0.1) is 0 Å². The van der Waals surface area contributed by atoms with E-state index in [9.17, 15) is 0 Å². The Balaban J connectivity index is 1.61. The molecule has 0 saturated heterocycles. The average molecular weight is 351 g/mol. The Hall–Kier alpha value is -2.53. The van der Waals surface area contributed by atoms with E-state index < -0.39 is 0 Å². The molecule has 0 spiro atoms. The van der Waals surface area contributed by atoms with E-state index in [0.717, 1.165) is 42.2 Å². The van der Waals surface area contributed by atoms with Gasteiger partial charge in [-0.3, -0.25) is 4.90 Å². The molecule has 0 N–H and O–H groups in total. The van der Waals surface area contributed by atoms with Gasteiger partial charge >= 0.3 is 0 Å². The molecular formula is C21H25N3O2. The van der Waals surface area contributed by atoms with Gasteiger partial charge in [0.15, 0.2) is 11.5 Å². The first-order valence-electron chi connectivity index (χ1n) is 9.01. The zero-order chi connectivity index (χ0) is 18.3. The van der Waals surface area contributed by atoms with Crippen LogP contribution in [0.1, 0.15) is 30.0 Å². The summed E-state index contributed by atoms with van der Waals surface area (Å²) in [5.41, 5.74) is 2.40. The summed E-state index contributed by atoms with van der Waals surface area (Å²) < 4.78 is 13.1. The average Bonchev–Trinajstić information content (AvgIpc) is 3.04. The quantitative estimate of drug-likeness (QED) is 0.714. The van der Waals surface area contributed by atoms with Gasteiger partial charge in [-0.2, -0.15) is 0 Å². The summed E-state index contributed by atoms with van der Waals surface area (Å²) in [7, 11) is 3.34. The van der Waals surface area contributed by atoms with Crippen LogP contribution in [0.3, 0.4) is 0 Å². The van der Waals surface area contributed by atoms with E-state index in [1.54, 1.807) is 14.2 Å². The van der Waals surface area contributed by atoms with Crippen LogP contribution in [0.4, 0.5) is 0 Å². The summed E-state index contributed by atoms with van der Waals surface area (Å²) in [5.74, 6) is 2.70. The Labute approximate surface area is 154 Å².